The van der Waals surface area contributed by atoms with Crippen molar-refractivity contribution in [1.29, 1.82) is 0 Å². The summed E-state index contributed by atoms with van der Waals surface area (Å²) >= 11 is 0. The number of ether oxygens (including phenoxy) is 1. The van der Waals surface area contributed by atoms with Gasteiger partial charge in [0.05, 0.1) is 0 Å². The molecule has 3 heteroatoms. The van der Waals surface area contributed by atoms with E-state index in [0.29, 0.717) is 5.41 Å². The summed E-state index contributed by atoms with van der Waals surface area (Å²) in [5.41, 5.74) is 0.0306. The first-order chi connectivity index (χ1) is 8.88. The third kappa shape index (κ3) is 2.54. The third-order valence-electron chi connectivity index (χ3n) is 5.41. The second kappa shape index (κ2) is 4.47. The molecule has 108 valence electrons. The molecule has 0 aromatic heterocycles. The molecule has 2 bridgehead atoms. The lowest BCUT2D eigenvalue weighted by molar-refractivity contribution is -0.157. The predicted molar refractivity (Wildman–Crippen MR) is 74.8 cm³/mol. The molecule has 0 amide bonds. The number of nitrogens with one attached hydrogen (secondary N) is 1. The lowest BCUT2D eigenvalue weighted by Gasteiger charge is -2.50. The summed E-state index contributed by atoms with van der Waals surface area (Å²) in [5, 5.41) is 3.45. The summed E-state index contributed by atoms with van der Waals surface area (Å²) in [7, 11) is 0. The van der Waals surface area contributed by atoms with Crippen molar-refractivity contribution in [2.24, 2.45) is 17.3 Å². The number of hydrogen-bond donors (Lipinski definition) is 1. The van der Waals surface area contributed by atoms with Crippen LogP contribution >= 0.6 is 0 Å². The Hall–Kier alpha value is -0.570. The number of fused-ring (bicyclic) bond motifs is 2. The van der Waals surface area contributed by atoms with Gasteiger partial charge < -0.3 is 10.1 Å². The summed E-state index contributed by atoms with van der Waals surface area (Å²) < 4.78 is 5.53. The van der Waals surface area contributed by atoms with Crippen LogP contribution < -0.4 is 5.32 Å². The van der Waals surface area contributed by atoms with Crippen LogP contribution in [0, 0.1) is 17.3 Å². The highest BCUT2D eigenvalue weighted by atomic mass is 16.6. The molecule has 4 rings (SSSR count). The van der Waals surface area contributed by atoms with Crippen molar-refractivity contribution in [1.82, 2.24) is 5.32 Å². The first-order valence-electron chi connectivity index (χ1n) is 7.84. The van der Waals surface area contributed by atoms with Gasteiger partial charge in [0.15, 0.2) is 0 Å². The van der Waals surface area contributed by atoms with E-state index in [-0.39, 0.29) is 17.6 Å². The molecule has 1 N–H and O–H groups in total. The molecule has 2 unspecified atom stereocenters. The average Bonchev–Trinajstić information content (AvgIpc) is 2.73. The fourth-order valence-corrected chi connectivity index (χ4v) is 4.60. The van der Waals surface area contributed by atoms with Crippen LogP contribution in [0.15, 0.2) is 0 Å². The maximum Gasteiger partial charge on any atom is 0.323 e. The minimum Gasteiger partial charge on any atom is -0.459 e. The average molecular weight is 265 g/mol. The van der Waals surface area contributed by atoms with Crippen molar-refractivity contribution in [3.63, 3.8) is 0 Å². The molecule has 1 aliphatic heterocycles. The van der Waals surface area contributed by atoms with E-state index in [1.165, 1.54) is 32.1 Å². The van der Waals surface area contributed by atoms with E-state index in [0.717, 1.165) is 24.8 Å². The molecule has 0 aromatic rings. The molecule has 4 aliphatic rings. The molecule has 0 radical (unpaired) electrons. The van der Waals surface area contributed by atoms with Crippen molar-refractivity contribution in [3.05, 3.63) is 0 Å². The Balaban J connectivity index is 1.65. The lowest BCUT2D eigenvalue weighted by atomic mass is 9.55. The van der Waals surface area contributed by atoms with E-state index in [2.05, 4.69) is 5.32 Å². The van der Waals surface area contributed by atoms with Crippen LogP contribution in [0.1, 0.15) is 59.3 Å². The molecule has 2 atom stereocenters. The second-order valence-corrected chi connectivity index (χ2v) is 7.96. The van der Waals surface area contributed by atoms with Crippen LogP contribution in [0.4, 0.5) is 0 Å². The molecule has 3 saturated carbocycles. The normalized spacial score (nSPS) is 41.7. The van der Waals surface area contributed by atoms with Gasteiger partial charge in [-0.3, -0.25) is 4.79 Å². The van der Waals surface area contributed by atoms with E-state index in [4.69, 9.17) is 4.74 Å². The van der Waals surface area contributed by atoms with E-state index in [1.807, 2.05) is 20.8 Å². The standard InChI is InChI=1S/C16H27NO2/c1-15(2,3)19-14(18)13-9-16(10-17-13)8-11-4-6-12(16)7-5-11/h11-13,17H,4-10H2,1-3H3. The SMILES string of the molecule is CC(C)(C)OC(=O)C1CC2(CN1)CC1CCC2CC1. The van der Waals surface area contributed by atoms with Crippen molar-refractivity contribution in [2.45, 2.75) is 70.9 Å². The van der Waals surface area contributed by atoms with Crippen LogP contribution in [0.2, 0.25) is 0 Å². The van der Waals surface area contributed by atoms with Gasteiger partial charge in [0.1, 0.15) is 11.6 Å². The van der Waals surface area contributed by atoms with Crippen molar-refractivity contribution in [3.8, 4) is 0 Å². The Morgan fingerprint density at radius 2 is 1.84 bits per heavy atom. The van der Waals surface area contributed by atoms with Gasteiger partial charge >= 0.3 is 5.97 Å². The number of carbonyl (C=O) groups excluding carboxylic acids is 1. The highest BCUT2D eigenvalue weighted by molar-refractivity contribution is 5.76. The molecule has 1 heterocycles. The maximum absolute atomic E-state index is 12.2. The predicted octanol–water partition coefficient (Wildman–Crippen LogP) is 2.89. The second-order valence-electron chi connectivity index (χ2n) is 7.96. The molecule has 3 aliphatic carbocycles. The fraction of sp³-hybridized carbons (Fsp3) is 0.938. The monoisotopic (exact) mass is 265 g/mol. The third-order valence-corrected chi connectivity index (χ3v) is 5.41. The molecular weight excluding hydrogens is 238 g/mol. The lowest BCUT2D eigenvalue weighted by Crippen LogP contribution is -2.43. The van der Waals surface area contributed by atoms with Gasteiger partial charge in [-0.05, 0) is 63.7 Å². The Labute approximate surface area is 116 Å². The first-order valence-corrected chi connectivity index (χ1v) is 7.84. The summed E-state index contributed by atoms with van der Waals surface area (Å²) in [6.45, 7) is 6.85. The zero-order chi connectivity index (χ0) is 13.7. The van der Waals surface area contributed by atoms with Gasteiger partial charge in [0.25, 0.3) is 0 Å². The van der Waals surface area contributed by atoms with E-state index in [9.17, 15) is 4.79 Å². The van der Waals surface area contributed by atoms with E-state index >= 15 is 0 Å². The summed E-state index contributed by atoms with van der Waals surface area (Å²) in [6, 6.07) is -0.0708. The van der Waals surface area contributed by atoms with Gasteiger partial charge in [-0.1, -0.05) is 12.8 Å². The van der Waals surface area contributed by atoms with Gasteiger partial charge in [0.2, 0.25) is 0 Å². The Morgan fingerprint density at radius 3 is 2.37 bits per heavy atom. The first kappa shape index (κ1) is 13.4. The highest BCUT2D eigenvalue weighted by Crippen LogP contribution is 2.56. The smallest absolute Gasteiger partial charge is 0.323 e. The van der Waals surface area contributed by atoms with Gasteiger partial charge in [-0.25, -0.2) is 0 Å². The van der Waals surface area contributed by atoms with Crippen molar-refractivity contribution < 1.29 is 9.53 Å². The number of esters is 1. The van der Waals surface area contributed by atoms with Crippen molar-refractivity contribution in [2.75, 3.05) is 6.54 Å². The van der Waals surface area contributed by atoms with Gasteiger partial charge in [-0.2, -0.15) is 0 Å². The van der Waals surface area contributed by atoms with Crippen LogP contribution in [-0.2, 0) is 9.53 Å². The number of carbonyl (C=O) groups is 1. The molecule has 4 fully saturated rings. The molecule has 1 spiro atoms. The van der Waals surface area contributed by atoms with Gasteiger partial charge in [0, 0.05) is 6.54 Å². The zero-order valence-corrected chi connectivity index (χ0v) is 12.5. The summed E-state index contributed by atoms with van der Waals surface area (Å²) in [4.78, 5) is 12.2. The maximum atomic E-state index is 12.2. The van der Waals surface area contributed by atoms with E-state index in [1.54, 1.807) is 0 Å². The number of hydrogen-bond acceptors (Lipinski definition) is 3. The zero-order valence-electron chi connectivity index (χ0n) is 12.5. The fourth-order valence-electron chi connectivity index (χ4n) is 4.60. The van der Waals surface area contributed by atoms with E-state index < -0.39 is 0 Å². The minimum atomic E-state index is -0.375. The minimum absolute atomic E-state index is 0.0502. The van der Waals surface area contributed by atoms with Crippen LogP contribution in [-0.4, -0.2) is 24.2 Å². The molecule has 1 saturated heterocycles. The van der Waals surface area contributed by atoms with Crippen LogP contribution in [0.3, 0.4) is 0 Å². The van der Waals surface area contributed by atoms with Crippen LogP contribution in [0.25, 0.3) is 0 Å². The molecule has 0 aromatic carbocycles. The summed E-state index contributed by atoms with van der Waals surface area (Å²) in [5.74, 6) is 1.72. The Bertz CT molecular complexity index is 365. The largest absolute Gasteiger partial charge is 0.459 e. The Morgan fingerprint density at radius 1 is 1.16 bits per heavy atom. The molecule has 3 nitrogen and oxygen atoms in total. The quantitative estimate of drug-likeness (QED) is 0.741. The van der Waals surface area contributed by atoms with Crippen molar-refractivity contribution >= 4 is 5.97 Å². The molecule has 19 heavy (non-hydrogen) atoms. The highest BCUT2D eigenvalue weighted by Gasteiger charge is 2.52. The number of rotatable bonds is 1. The molecular formula is C16H27NO2. The Kier molecular flexibility index (Phi) is 3.16. The van der Waals surface area contributed by atoms with Gasteiger partial charge in [-0.15, -0.1) is 0 Å². The van der Waals surface area contributed by atoms with Crippen LogP contribution in [0.5, 0.6) is 0 Å². The topological polar surface area (TPSA) is 38.3 Å². The summed E-state index contributed by atoms with van der Waals surface area (Å²) in [6.07, 6.45) is 7.95.